The minimum Gasteiger partial charge on any atom is -0.338 e. The van der Waals surface area contributed by atoms with Crippen LogP contribution >= 0.6 is 0 Å². The van der Waals surface area contributed by atoms with Gasteiger partial charge in [-0.1, -0.05) is 12.1 Å². The Labute approximate surface area is 119 Å². The Kier molecular flexibility index (Phi) is 2.41. The third kappa shape index (κ3) is 1.74. The van der Waals surface area contributed by atoms with Gasteiger partial charge in [-0.2, -0.15) is 0 Å². The van der Waals surface area contributed by atoms with Crippen molar-refractivity contribution in [3.63, 3.8) is 0 Å². The van der Waals surface area contributed by atoms with Crippen LogP contribution in [0.1, 0.15) is 5.56 Å². The Bertz CT molecular complexity index is 996. The second-order valence-corrected chi connectivity index (χ2v) is 4.98. The van der Waals surface area contributed by atoms with Crippen LogP contribution < -0.4 is 5.56 Å². The number of aromatic amines is 2. The highest BCUT2D eigenvalue weighted by Crippen LogP contribution is 2.24. The number of hydrogen-bond donors (Lipinski definition) is 2. The summed E-state index contributed by atoms with van der Waals surface area (Å²) >= 11 is 0. The number of hydrogen-bond acceptors (Lipinski definition) is 3. The van der Waals surface area contributed by atoms with E-state index in [0.29, 0.717) is 11.4 Å². The summed E-state index contributed by atoms with van der Waals surface area (Å²) in [5.41, 5.74) is 3.81. The summed E-state index contributed by atoms with van der Waals surface area (Å²) in [7, 11) is 0. The van der Waals surface area contributed by atoms with E-state index in [1.807, 2.05) is 37.3 Å². The summed E-state index contributed by atoms with van der Waals surface area (Å²) in [4.78, 5) is 27.0. The lowest BCUT2D eigenvalue weighted by atomic mass is 10.1. The predicted molar refractivity (Wildman–Crippen MR) is 82.2 cm³/mol. The lowest BCUT2D eigenvalue weighted by Gasteiger charge is -2.05. The van der Waals surface area contributed by atoms with Crippen molar-refractivity contribution in [3.05, 3.63) is 58.6 Å². The lowest BCUT2D eigenvalue weighted by molar-refractivity contribution is 1.21. The number of nitrogens with zero attached hydrogens (tertiary/aromatic N) is 2. The molecule has 0 amide bonds. The normalized spacial score (nSPS) is 11.3. The second kappa shape index (κ2) is 4.28. The van der Waals surface area contributed by atoms with E-state index >= 15 is 0 Å². The molecule has 5 heteroatoms. The van der Waals surface area contributed by atoms with Gasteiger partial charge in [0.25, 0.3) is 5.56 Å². The monoisotopic (exact) mass is 276 g/mol. The van der Waals surface area contributed by atoms with E-state index in [0.717, 1.165) is 27.5 Å². The van der Waals surface area contributed by atoms with Gasteiger partial charge in [0, 0.05) is 11.6 Å². The first-order valence-electron chi connectivity index (χ1n) is 6.66. The number of pyridine rings is 2. The molecule has 0 saturated carbocycles. The van der Waals surface area contributed by atoms with E-state index in [1.165, 1.54) is 0 Å². The molecule has 0 spiro atoms. The highest BCUT2D eigenvalue weighted by Gasteiger charge is 2.14. The van der Waals surface area contributed by atoms with Gasteiger partial charge in [0.1, 0.15) is 5.82 Å². The van der Waals surface area contributed by atoms with E-state index in [-0.39, 0.29) is 5.56 Å². The molecule has 102 valence electrons. The third-order valence-corrected chi connectivity index (χ3v) is 3.70. The van der Waals surface area contributed by atoms with Crippen LogP contribution in [0.25, 0.3) is 33.3 Å². The average molecular weight is 276 g/mol. The Balaban J connectivity index is 2.08. The van der Waals surface area contributed by atoms with Gasteiger partial charge in [0.15, 0.2) is 0 Å². The van der Waals surface area contributed by atoms with Gasteiger partial charge in [-0.3, -0.25) is 9.78 Å². The van der Waals surface area contributed by atoms with E-state index in [9.17, 15) is 4.79 Å². The highest BCUT2D eigenvalue weighted by atomic mass is 16.1. The zero-order valence-corrected chi connectivity index (χ0v) is 11.3. The van der Waals surface area contributed by atoms with Gasteiger partial charge < -0.3 is 9.97 Å². The Morgan fingerprint density at radius 2 is 1.90 bits per heavy atom. The standard InChI is InChI=1S/C16H12N4O/c1-9-10-6-7-17-8-13(10)20-16(21)14(9)15-18-11-4-2-3-5-12(11)19-15/h2-8H,1H3,(H,18,19)(H,20,21). The lowest BCUT2D eigenvalue weighted by Crippen LogP contribution is -2.12. The number of H-pyrrole nitrogens is 2. The number of imidazole rings is 1. The van der Waals surface area contributed by atoms with Crippen molar-refractivity contribution in [2.45, 2.75) is 6.92 Å². The fourth-order valence-corrected chi connectivity index (χ4v) is 2.67. The largest absolute Gasteiger partial charge is 0.338 e. The Morgan fingerprint density at radius 3 is 2.76 bits per heavy atom. The summed E-state index contributed by atoms with van der Waals surface area (Å²) in [5, 5.41) is 0.972. The molecule has 0 fully saturated rings. The van der Waals surface area contributed by atoms with E-state index < -0.39 is 0 Å². The molecule has 4 rings (SSSR count). The molecule has 0 atom stereocenters. The first kappa shape index (κ1) is 11.8. The molecule has 3 heterocycles. The maximum Gasteiger partial charge on any atom is 0.259 e. The molecule has 2 N–H and O–H groups in total. The van der Waals surface area contributed by atoms with E-state index in [1.54, 1.807) is 12.4 Å². The zero-order valence-electron chi connectivity index (χ0n) is 11.3. The van der Waals surface area contributed by atoms with Crippen molar-refractivity contribution in [1.29, 1.82) is 0 Å². The number of para-hydroxylation sites is 2. The number of benzene rings is 1. The summed E-state index contributed by atoms with van der Waals surface area (Å²) in [5.74, 6) is 0.591. The Morgan fingerprint density at radius 1 is 1.05 bits per heavy atom. The fourth-order valence-electron chi connectivity index (χ4n) is 2.67. The van der Waals surface area contributed by atoms with Gasteiger partial charge in [0.2, 0.25) is 0 Å². The van der Waals surface area contributed by atoms with Crippen molar-refractivity contribution in [2.24, 2.45) is 0 Å². The maximum absolute atomic E-state index is 12.4. The molecule has 0 aliphatic rings. The number of aryl methyl sites for hydroxylation is 1. The number of rotatable bonds is 1. The predicted octanol–water partition coefficient (Wildman–Crippen LogP) is 2.77. The van der Waals surface area contributed by atoms with Gasteiger partial charge in [-0.15, -0.1) is 0 Å². The van der Waals surface area contributed by atoms with Gasteiger partial charge in [-0.25, -0.2) is 4.98 Å². The van der Waals surface area contributed by atoms with Crippen LogP contribution in [0, 0.1) is 6.92 Å². The quantitative estimate of drug-likeness (QED) is 0.561. The summed E-state index contributed by atoms with van der Waals surface area (Å²) in [6.45, 7) is 1.93. The van der Waals surface area contributed by atoms with Gasteiger partial charge >= 0.3 is 0 Å². The van der Waals surface area contributed by atoms with Crippen molar-refractivity contribution in [2.75, 3.05) is 0 Å². The number of aromatic nitrogens is 4. The maximum atomic E-state index is 12.4. The van der Waals surface area contributed by atoms with E-state index in [2.05, 4.69) is 19.9 Å². The van der Waals surface area contributed by atoms with E-state index in [4.69, 9.17) is 0 Å². The summed E-state index contributed by atoms with van der Waals surface area (Å²) < 4.78 is 0. The van der Waals surface area contributed by atoms with Crippen LogP contribution in [0.3, 0.4) is 0 Å². The highest BCUT2D eigenvalue weighted by molar-refractivity contribution is 5.88. The summed E-state index contributed by atoms with van der Waals surface area (Å²) in [6.07, 6.45) is 3.38. The van der Waals surface area contributed by atoms with Crippen LogP contribution in [-0.2, 0) is 0 Å². The minimum absolute atomic E-state index is 0.160. The molecule has 0 radical (unpaired) electrons. The van der Waals surface area contributed by atoms with Crippen LogP contribution in [0.4, 0.5) is 0 Å². The molecular weight excluding hydrogens is 264 g/mol. The first-order valence-corrected chi connectivity index (χ1v) is 6.66. The van der Waals surface area contributed by atoms with Crippen molar-refractivity contribution >= 4 is 21.9 Å². The van der Waals surface area contributed by atoms with Crippen LogP contribution in [0.15, 0.2) is 47.5 Å². The molecular formula is C16H12N4O. The summed E-state index contributed by atoms with van der Waals surface area (Å²) in [6, 6.07) is 9.63. The zero-order chi connectivity index (χ0) is 14.4. The van der Waals surface area contributed by atoms with Crippen molar-refractivity contribution in [1.82, 2.24) is 19.9 Å². The molecule has 21 heavy (non-hydrogen) atoms. The average Bonchev–Trinajstić information content (AvgIpc) is 2.90. The fraction of sp³-hybridized carbons (Fsp3) is 0.0625. The number of fused-ring (bicyclic) bond motifs is 2. The molecule has 1 aromatic carbocycles. The third-order valence-electron chi connectivity index (χ3n) is 3.70. The van der Waals surface area contributed by atoms with Crippen molar-refractivity contribution in [3.8, 4) is 11.4 Å². The Hall–Kier alpha value is -2.95. The van der Waals surface area contributed by atoms with Gasteiger partial charge in [-0.05, 0) is 30.7 Å². The smallest absolute Gasteiger partial charge is 0.259 e. The molecule has 0 aliphatic carbocycles. The molecule has 0 bridgehead atoms. The molecule has 5 nitrogen and oxygen atoms in total. The molecule has 3 aromatic heterocycles. The topological polar surface area (TPSA) is 74.4 Å². The van der Waals surface area contributed by atoms with Crippen LogP contribution in [-0.4, -0.2) is 19.9 Å². The van der Waals surface area contributed by atoms with Crippen LogP contribution in [0.2, 0.25) is 0 Å². The minimum atomic E-state index is -0.160. The SMILES string of the molecule is Cc1c(-c2nc3ccccc3[nH]2)c(=O)[nH]c2cnccc12. The molecule has 0 saturated heterocycles. The molecule has 4 aromatic rings. The second-order valence-electron chi connectivity index (χ2n) is 4.98. The molecule has 0 unspecified atom stereocenters. The van der Waals surface area contributed by atoms with Crippen LogP contribution in [0.5, 0.6) is 0 Å². The first-order chi connectivity index (χ1) is 10.2. The molecule has 0 aliphatic heterocycles. The van der Waals surface area contributed by atoms with Crippen molar-refractivity contribution < 1.29 is 0 Å². The number of nitrogens with one attached hydrogen (secondary N) is 2. The van der Waals surface area contributed by atoms with Gasteiger partial charge in [0.05, 0.1) is 28.3 Å².